The highest BCUT2D eigenvalue weighted by molar-refractivity contribution is 7.99. The highest BCUT2D eigenvalue weighted by Crippen LogP contribution is 2.28. The highest BCUT2D eigenvalue weighted by atomic mass is 32.2. The number of aromatic nitrogens is 2. The van der Waals surface area contributed by atoms with Crippen molar-refractivity contribution in [1.29, 1.82) is 0 Å². The van der Waals surface area contributed by atoms with E-state index >= 15 is 0 Å². The summed E-state index contributed by atoms with van der Waals surface area (Å²) in [7, 11) is -3.47. The number of amides is 1. The van der Waals surface area contributed by atoms with Crippen LogP contribution < -0.4 is 5.32 Å². The van der Waals surface area contributed by atoms with Gasteiger partial charge in [-0.05, 0) is 44.0 Å². The Morgan fingerprint density at radius 3 is 2.52 bits per heavy atom. The number of esters is 1. The summed E-state index contributed by atoms with van der Waals surface area (Å²) in [5.74, 6) is -0.810. The Bertz CT molecular complexity index is 1020. The molecule has 1 fully saturated rings. The van der Waals surface area contributed by atoms with Crippen molar-refractivity contribution in [2.75, 3.05) is 17.7 Å². The Labute approximate surface area is 186 Å². The van der Waals surface area contributed by atoms with E-state index in [1.54, 1.807) is 37.3 Å². The molecule has 166 valence electrons. The molecule has 1 aromatic carbocycles. The van der Waals surface area contributed by atoms with Crippen molar-refractivity contribution in [2.45, 2.75) is 54.3 Å². The van der Waals surface area contributed by atoms with Gasteiger partial charge in [0.25, 0.3) is 0 Å². The molecule has 1 aliphatic carbocycles. The zero-order valence-electron chi connectivity index (χ0n) is 17.2. The van der Waals surface area contributed by atoms with Crippen LogP contribution in [0, 0.1) is 0 Å². The van der Waals surface area contributed by atoms with Gasteiger partial charge in [-0.15, -0.1) is 10.2 Å². The minimum absolute atomic E-state index is 0.0171. The SMILES string of the molecule is CCOC(=O)c1ccccc1NC(=O)CSc1ccc(S(=O)(=O)C2CCCCC2)nn1. The Morgan fingerprint density at radius 1 is 1.10 bits per heavy atom. The fourth-order valence-corrected chi connectivity index (χ4v) is 5.71. The van der Waals surface area contributed by atoms with Crippen molar-refractivity contribution in [3.8, 4) is 0 Å². The second kappa shape index (κ2) is 10.7. The molecule has 2 aromatic rings. The molecule has 0 bridgehead atoms. The van der Waals surface area contributed by atoms with E-state index in [2.05, 4.69) is 15.5 Å². The first-order valence-electron chi connectivity index (χ1n) is 10.2. The third-order valence-electron chi connectivity index (χ3n) is 4.95. The number of carbonyl (C=O) groups is 2. The second-order valence-electron chi connectivity index (χ2n) is 7.12. The van der Waals surface area contributed by atoms with Crippen molar-refractivity contribution >= 4 is 39.2 Å². The van der Waals surface area contributed by atoms with Gasteiger partial charge in [-0.2, -0.15) is 0 Å². The van der Waals surface area contributed by atoms with Crippen LogP contribution in [0.3, 0.4) is 0 Å². The summed E-state index contributed by atoms with van der Waals surface area (Å²) in [6.07, 6.45) is 4.22. The van der Waals surface area contributed by atoms with Gasteiger partial charge in [0.1, 0.15) is 5.03 Å². The maximum atomic E-state index is 12.7. The van der Waals surface area contributed by atoms with Gasteiger partial charge in [-0.3, -0.25) is 4.79 Å². The number of carbonyl (C=O) groups excluding carboxylic acids is 2. The molecule has 0 aliphatic heterocycles. The predicted octanol–water partition coefficient (Wildman–Crippen LogP) is 3.49. The summed E-state index contributed by atoms with van der Waals surface area (Å²) >= 11 is 1.13. The van der Waals surface area contributed by atoms with E-state index < -0.39 is 15.8 Å². The number of thioether (sulfide) groups is 1. The molecule has 8 nitrogen and oxygen atoms in total. The quantitative estimate of drug-likeness (QED) is 0.467. The molecule has 10 heteroatoms. The van der Waals surface area contributed by atoms with E-state index in [0.717, 1.165) is 31.0 Å². The number of hydrogen-bond acceptors (Lipinski definition) is 8. The van der Waals surface area contributed by atoms with E-state index in [4.69, 9.17) is 4.74 Å². The lowest BCUT2D eigenvalue weighted by atomic mass is 10.0. The molecule has 1 N–H and O–H groups in total. The topological polar surface area (TPSA) is 115 Å². The van der Waals surface area contributed by atoms with Gasteiger partial charge in [0.15, 0.2) is 14.9 Å². The molecule has 0 saturated heterocycles. The van der Waals surface area contributed by atoms with Crippen LogP contribution in [-0.4, -0.2) is 48.1 Å². The lowest BCUT2D eigenvalue weighted by Crippen LogP contribution is -2.25. The molecular formula is C21H25N3O5S2. The van der Waals surface area contributed by atoms with Crippen LogP contribution in [0.2, 0.25) is 0 Å². The summed E-state index contributed by atoms with van der Waals surface area (Å²) in [6, 6.07) is 9.62. The molecule has 31 heavy (non-hydrogen) atoms. The number of anilines is 1. The molecule has 3 rings (SSSR count). The number of nitrogens with one attached hydrogen (secondary N) is 1. The highest BCUT2D eigenvalue weighted by Gasteiger charge is 2.30. The normalized spacial score (nSPS) is 14.7. The number of ether oxygens (including phenoxy) is 1. The fourth-order valence-electron chi connectivity index (χ4n) is 3.39. The maximum Gasteiger partial charge on any atom is 0.340 e. The number of rotatable bonds is 8. The lowest BCUT2D eigenvalue weighted by Gasteiger charge is -2.20. The van der Waals surface area contributed by atoms with E-state index in [-0.39, 0.29) is 34.1 Å². The van der Waals surface area contributed by atoms with Gasteiger partial charge < -0.3 is 10.1 Å². The number of para-hydroxylation sites is 1. The van der Waals surface area contributed by atoms with Gasteiger partial charge in [0.05, 0.1) is 28.9 Å². The Morgan fingerprint density at radius 2 is 1.84 bits per heavy atom. The predicted molar refractivity (Wildman–Crippen MR) is 118 cm³/mol. The van der Waals surface area contributed by atoms with Crippen LogP contribution in [0.15, 0.2) is 46.5 Å². The van der Waals surface area contributed by atoms with Gasteiger partial charge in [-0.1, -0.05) is 43.2 Å². The van der Waals surface area contributed by atoms with Crippen LogP contribution in [-0.2, 0) is 19.4 Å². The minimum Gasteiger partial charge on any atom is -0.462 e. The van der Waals surface area contributed by atoms with Gasteiger partial charge in [0, 0.05) is 0 Å². The zero-order chi connectivity index (χ0) is 22.3. The summed E-state index contributed by atoms with van der Waals surface area (Å²) < 4.78 is 30.4. The van der Waals surface area contributed by atoms with Crippen molar-refractivity contribution < 1.29 is 22.7 Å². The largest absolute Gasteiger partial charge is 0.462 e. The van der Waals surface area contributed by atoms with E-state index in [9.17, 15) is 18.0 Å². The van der Waals surface area contributed by atoms with Crippen molar-refractivity contribution in [3.63, 3.8) is 0 Å². The molecule has 0 spiro atoms. The average Bonchev–Trinajstić information content (AvgIpc) is 2.79. The molecule has 1 heterocycles. The zero-order valence-corrected chi connectivity index (χ0v) is 18.9. The van der Waals surface area contributed by atoms with Crippen molar-refractivity contribution in [2.24, 2.45) is 0 Å². The Balaban J connectivity index is 1.58. The summed E-state index contributed by atoms with van der Waals surface area (Å²) in [5, 5.41) is 10.6. The Hall–Kier alpha value is -2.46. The second-order valence-corrected chi connectivity index (χ2v) is 10.3. The van der Waals surface area contributed by atoms with Gasteiger partial charge in [0.2, 0.25) is 5.91 Å². The molecule has 0 radical (unpaired) electrons. The monoisotopic (exact) mass is 463 g/mol. The first-order valence-corrected chi connectivity index (χ1v) is 12.7. The molecule has 1 aliphatic rings. The number of hydrogen-bond donors (Lipinski definition) is 1. The molecule has 1 saturated carbocycles. The first kappa shape index (κ1) is 23.2. The van der Waals surface area contributed by atoms with Crippen LogP contribution >= 0.6 is 11.8 Å². The standard InChI is InChI=1S/C21H25N3O5S2/c1-2-29-21(26)16-10-6-7-11-17(16)22-18(25)14-30-19-12-13-20(24-23-19)31(27,28)15-8-4-3-5-9-15/h6-7,10-13,15H,2-5,8-9,14H2,1H3,(H,22,25). The van der Waals surface area contributed by atoms with E-state index in [1.165, 1.54) is 6.07 Å². The summed E-state index contributed by atoms with van der Waals surface area (Å²) in [6.45, 7) is 1.95. The third kappa shape index (κ3) is 6.04. The smallest absolute Gasteiger partial charge is 0.340 e. The summed E-state index contributed by atoms with van der Waals surface area (Å²) in [5.41, 5.74) is 0.645. The Kier molecular flexibility index (Phi) is 8.03. The fraction of sp³-hybridized carbons (Fsp3) is 0.429. The van der Waals surface area contributed by atoms with Crippen LogP contribution in [0.1, 0.15) is 49.4 Å². The van der Waals surface area contributed by atoms with E-state index in [1.807, 2.05) is 0 Å². The minimum atomic E-state index is -3.47. The third-order valence-corrected chi connectivity index (χ3v) is 8.02. The molecule has 0 unspecified atom stereocenters. The number of benzene rings is 1. The molecule has 1 aromatic heterocycles. The van der Waals surface area contributed by atoms with E-state index in [0.29, 0.717) is 23.6 Å². The van der Waals surface area contributed by atoms with Crippen LogP contribution in [0.4, 0.5) is 5.69 Å². The van der Waals surface area contributed by atoms with Gasteiger partial charge in [-0.25, -0.2) is 13.2 Å². The summed E-state index contributed by atoms with van der Waals surface area (Å²) in [4.78, 5) is 24.3. The van der Waals surface area contributed by atoms with Crippen LogP contribution in [0.5, 0.6) is 0 Å². The number of sulfone groups is 1. The van der Waals surface area contributed by atoms with Crippen LogP contribution in [0.25, 0.3) is 0 Å². The lowest BCUT2D eigenvalue weighted by molar-refractivity contribution is -0.113. The van der Waals surface area contributed by atoms with Crippen molar-refractivity contribution in [3.05, 3.63) is 42.0 Å². The maximum absolute atomic E-state index is 12.7. The molecule has 1 amide bonds. The van der Waals surface area contributed by atoms with Crippen molar-refractivity contribution in [1.82, 2.24) is 10.2 Å². The average molecular weight is 464 g/mol. The molecular weight excluding hydrogens is 438 g/mol. The number of nitrogens with zero attached hydrogens (tertiary/aromatic N) is 2. The molecule has 0 atom stereocenters. The van der Waals surface area contributed by atoms with Gasteiger partial charge >= 0.3 is 5.97 Å². The first-order chi connectivity index (χ1) is 14.9.